The highest BCUT2D eigenvalue weighted by molar-refractivity contribution is 7.14. The van der Waals surface area contributed by atoms with E-state index in [2.05, 4.69) is 15.3 Å². The van der Waals surface area contributed by atoms with E-state index in [9.17, 15) is 4.79 Å². The SMILES string of the molecule is Cc1ncsc1C(=O)Nc1nc(-c2ccco2)cs1. The number of nitrogens with zero attached hydrogens (tertiary/aromatic N) is 2. The molecule has 96 valence electrons. The first-order chi connectivity index (χ1) is 9.24. The molecular weight excluding hydrogens is 282 g/mol. The van der Waals surface area contributed by atoms with E-state index in [1.807, 2.05) is 18.4 Å². The molecule has 0 saturated carbocycles. The van der Waals surface area contributed by atoms with Gasteiger partial charge in [0.2, 0.25) is 0 Å². The number of thiazole rings is 2. The van der Waals surface area contributed by atoms with E-state index >= 15 is 0 Å². The Morgan fingerprint density at radius 3 is 3.00 bits per heavy atom. The molecule has 0 saturated heterocycles. The van der Waals surface area contributed by atoms with Crippen LogP contribution in [0.1, 0.15) is 15.4 Å². The molecule has 0 spiro atoms. The molecule has 0 unspecified atom stereocenters. The largest absolute Gasteiger partial charge is 0.463 e. The monoisotopic (exact) mass is 291 g/mol. The highest BCUT2D eigenvalue weighted by Crippen LogP contribution is 2.25. The highest BCUT2D eigenvalue weighted by atomic mass is 32.1. The number of furan rings is 1. The summed E-state index contributed by atoms with van der Waals surface area (Å²) in [6.45, 7) is 1.81. The molecule has 0 fully saturated rings. The van der Waals surface area contributed by atoms with Gasteiger partial charge in [-0.15, -0.1) is 22.7 Å². The molecule has 0 atom stereocenters. The normalized spacial score (nSPS) is 10.6. The van der Waals surface area contributed by atoms with Crippen LogP contribution in [0.5, 0.6) is 0 Å². The van der Waals surface area contributed by atoms with E-state index in [-0.39, 0.29) is 5.91 Å². The van der Waals surface area contributed by atoms with E-state index in [0.717, 1.165) is 5.69 Å². The van der Waals surface area contributed by atoms with Gasteiger partial charge in [-0.1, -0.05) is 0 Å². The Kier molecular flexibility index (Phi) is 3.14. The molecular formula is C12H9N3O2S2. The van der Waals surface area contributed by atoms with Crippen molar-refractivity contribution >= 4 is 33.7 Å². The Labute approximate surface area is 117 Å². The summed E-state index contributed by atoms with van der Waals surface area (Å²) in [5.74, 6) is 0.506. The Bertz CT molecular complexity index is 700. The van der Waals surface area contributed by atoms with Crippen molar-refractivity contribution in [1.29, 1.82) is 0 Å². The Morgan fingerprint density at radius 1 is 1.42 bits per heavy atom. The van der Waals surface area contributed by atoms with Crippen molar-refractivity contribution in [2.45, 2.75) is 6.92 Å². The number of hydrogen-bond acceptors (Lipinski definition) is 6. The third-order valence-corrected chi connectivity index (χ3v) is 4.14. The summed E-state index contributed by atoms with van der Waals surface area (Å²) in [5, 5.41) is 5.15. The van der Waals surface area contributed by atoms with Crippen molar-refractivity contribution < 1.29 is 9.21 Å². The number of carbonyl (C=O) groups excluding carboxylic acids is 1. The summed E-state index contributed by atoms with van der Waals surface area (Å²) >= 11 is 2.68. The van der Waals surface area contributed by atoms with Crippen LogP contribution in [0.4, 0.5) is 5.13 Å². The maximum Gasteiger partial charge on any atom is 0.269 e. The Hall–Kier alpha value is -1.99. The van der Waals surface area contributed by atoms with Gasteiger partial charge in [0, 0.05) is 5.38 Å². The minimum atomic E-state index is -0.180. The van der Waals surface area contributed by atoms with Crippen LogP contribution in [0.25, 0.3) is 11.5 Å². The van der Waals surface area contributed by atoms with E-state index in [1.54, 1.807) is 17.8 Å². The number of aryl methyl sites for hydroxylation is 1. The average molecular weight is 291 g/mol. The third-order valence-electron chi connectivity index (χ3n) is 2.45. The van der Waals surface area contributed by atoms with Crippen molar-refractivity contribution in [2.75, 3.05) is 5.32 Å². The molecule has 0 aromatic carbocycles. The van der Waals surface area contributed by atoms with E-state index < -0.39 is 0 Å². The van der Waals surface area contributed by atoms with Crippen molar-refractivity contribution in [3.8, 4) is 11.5 Å². The van der Waals surface area contributed by atoms with Crippen molar-refractivity contribution in [2.24, 2.45) is 0 Å². The molecule has 5 nitrogen and oxygen atoms in total. The quantitative estimate of drug-likeness (QED) is 0.803. The van der Waals surface area contributed by atoms with Crippen LogP contribution in [-0.2, 0) is 0 Å². The van der Waals surface area contributed by atoms with Crippen molar-refractivity contribution in [3.05, 3.63) is 39.9 Å². The van der Waals surface area contributed by atoms with Gasteiger partial charge in [-0.05, 0) is 19.1 Å². The zero-order valence-electron chi connectivity index (χ0n) is 9.91. The number of carbonyl (C=O) groups is 1. The number of anilines is 1. The van der Waals surface area contributed by atoms with Gasteiger partial charge in [0.25, 0.3) is 5.91 Å². The lowest BCUT2D eigenvalue weighted by Crippen LogP contribution is -2.11. The van der Waals surface area contributed by atoms with Gasteiger partial charge in [-0.2, -0.15) is 0 Å². The number of aromatic nitrogens is 2. The first-order valence-electron chi connectivity index (χ1n) is 5.45. The highest BCUT2D eigenvalue weighted by Gasteiger charge is 2.14. The molecule has 0 aliphatic rings. The van der Waals surface area contributed by atoms with Gasteiger partial charge < -0.3 is 4.42 Å². The minimum absolute atomic E-state index is 0.180. The molecule has 0 aliphatic heterocycles. The molecule has 0 radical (unpaired) electrons. The number of amides is 1. The molecule has 19 heavy (non-hydrogen) atoms. The van der Waals surface area contributed by atoms with Crippen LogP contribution < -0.4 is 5.32 Å². The van der Waals surface area contributed by atoms with E-state index in [0.29, 0.717) is 21.5 Å². The fourth-order valence-electron chi connectivity index (χ4n) is 1.54. The van der Waals surface area contributed by atoms with Crippen LogP contribution in [0.3, 0.4) is 0 Å². The summed E-state index contributed by atoms with van der Waals surface area (Å²) < 4.78 is 5.25. The number of hydrogen-bond donors (Lipinski definition) is 1. The van der Waals surface area contributed by atoms with Gasteiger partial charge in [0.1, 0.15) is 10.6 Å². The summed E-state index contributed by atoms with van der Waals surface area (Å²) in [6.07, 6.45) is 1.59. The smallest absolute Gasteiger partial charge is 0.269 e. The molecule has 7 heteroatoms. The number of nitrogens with one attached hydrogen (secondary N) is 1. The summed E-state index contributed by atoms with van der Waals surface area (Å²) in [7, 11) is 0. The van der Waals surface area contributed by atoms with Crippen LogP contribution in [0, 0.1) is 6.92 Å². The van der Waals surface area contributed by atoms with Gasteiger partial charge in [-0.25, -0.2) is 9.97 Å². The second kappa shape index (κ2) is 4.94. The summed E-state index contributed by atoms with van der Waals surface area (Å²) in [6, 6.07) is 3.63. The molecule has 3 aromatic heterocycles. The van der Waals surface area contributed by atoms with Gasteiger partial charge in [0.15, 0.2) is 10.9 Å². The predicted molar refractivity (Wildman–Crippen MR) is 74.6 cm³/mol. The van der Waals surface area contributed by atoms with E-state index in [1.165, 1.54) is 22.7 Å². The maximum atomic E-state index is 12.0. The summed E-state index contributed by atoms with van der Waals surface area (Å²) in [5.41, 5.74) is 3.09. The Morgan fingerprint density at radius 2 is 2.32 bits per heavy atom. The van der Waals surface area contributed by atoms with Gasteiger partial charge >= 0.3 is 0 Å². The third kappa shape index (κ3) is 2.42. The van der Waals surface area contributed by atoms with E-state index in [4.69, 9.17) is 4.42 Å². The zero-order chi connectivity index (χ0) is 13.2. The minimum Gasteiger partial charge on any atom is -0.463 e. The molecule has 1 amide bonds. The second-order valence-electron chi connectivity index (χ2n) is 3.74. The summed E-state index contributed by atoms with van der Waals surface area (Å²) in [4.78, 5) is 21.0. The topological polar surface area (TPSA) is 68.0 Å². The fraction of sp³-hybridized carbons (Fsp3) is 0.0833. The van der Waals surface area contributed by atoms with Crippen molar-refractivity contribution in [3.63, 3.8) is 0 Å². The van der Waals surface area contributed by atoms with Crippen LogP contribution in [0.2, 0.25) is 0 Å². The second-order valence-corrected chi connectivity index (χ2v) is 5.45. The average Bonchev–Trinajstić information content (AvgIpc) is 3.07. The lowest BCUT2D eigenvalue weighted by molar-refractivity contribution is 0.103. The van der Waals surface area contributed by atoms with Gasteiger partial charge in [-0.3, -0.25) is 10.1 Å². The van der Waals surface area contributed by atoms with Crippen molar-refractivity contribution in [1.82, 2.24) is 9.97 Å². The standard InChI is InChI=1S/C12H9N3O2S2/c1-7-10(19-6-13-7)11(16)15-12-14-8(5-18-12)9-3-2-4-17-9/h2-6H,1H3,(H,14,15,16). The molecule has 0 bridgehead atoms. The molecule has 3 heterocycles. The first-order valence-corrected chi connectivity index (χ1v) is 7.21. The Balaban J connectivity index is 1.78. The lowest BCUT2D eigenvalue weighted by atomic mass is 10.4. The van der Waals surface area contributed by atoms with Crippen LogP contribution in [0.15, 0.2) is 33.7 Å². The molecule has 3 rings (SSSR count). The van der Waals surface area contributed by atoms with Crippen LogP contribution >= 0.6 is 22.7 Å². The molecule has 3 aromatic rings. The van der Waals surface area contributed by atoms with Crippen LogP contribution in [-0.4, -0.2) is 15.9 Å². The zero-order valence-corrected chi connectivity index (χ0v) is 11.5. The van der Waals surface area contributed by atoms with Gasteiger partial charge in [0.05, 0.1) is 17.5 Å². The molecule has 0 aliphatic carbocycles. The lowest BCUT2D eigenvalue weighted by Gasteiger charge is -1.98. The fourth-order valence-corrected chi connectivity index (χ4v) is 2.93. The first kappa shape index (κ1) is 12.1. The predicted octanol–water partition coefficient (Wildman–Crippen LogP) is 3.42. The number of rotatable bonds is 3. The molecule has 1 N–H and O–H groups in total. The maximum absolute atomic E-state index is 12.0.